The Bertz CT molecular complexity index is 1110. The average molecular weight is 366 g/mol. The molecule has 4 nitrogen and oxygen atoms in total. The summed E-state index contributed by atoms with van der Waals surface area (Å²) in [5.74, 6) is 1.14. The maximum atomic E-state index is 12.3. The monoisotopic (exact) mass is 366 g/mol. The largest absolute Gasteiger partial charge is 0.457 e. The topological polar surface area (TPSA) is 50.7 Å². The van der Waals surface area contributed by atoms with Gasteiger partial charge in [0.15, 0.2) is 0 Å². The standard InChI is InChI=1S/C24H18N2O2/c27-24(19-13-15-22(16-14-19)28-21-10-2-1-3-11-21)26-25-17-20-9-6-8-18-7-4-5-12-23(18)20/h1-17H,(H,26,27)/b25-17+. The number of ether oxygens (including phenoxy) is 1. The summed E-state index contributed by atoms with van der Waals surface area (Å²) >= 11 is 0. The molecule has 0 atom stereocenters. The molecule has 4 aromatic carbocycles. The Morgan fingerprint density at radius 3 is 2.25 bits per heavy atom. The number of carbonyl (C=O) groups excluding carboxylic acids is 1. The normalized spacial score (nSPS) is 10.9. The van der Waals surface area contributed by atoms with Crippen LogP contribution in [0.25, 0.3) is 10.8 Å². The summed E-state index contributed by atoms with van der Waals surface area (Å²) in [5.41, 5.74) is 4.03. The van der Waals surface area contributed by atoms with Gasteiger partial charge in [-0.2, -0.15) is 5.10 Å². The van der Waals surface area contributed by atoms with Gasteiger partial charge in [-0.05, 0) is 47.2 Å². The van der Waals surface area contributed by atoms with Gasteiger partial charge < -0.3 is 4.74 Å². The van der Waals surface area contributed by atoms with Crippen LogP contribution in [0.3, 0.4) is 0 Å². The molecule has 0 saturated heterocycles. The molecular weight excluding hydrogens is 348 g/mol. The highest BCUT2D eigenvalue weighted by Crippen LogP contribution is 2.21. The predicted molar refractivity (Wildman–Crippen MR) is 112 cm³/mol. The number of fused-ring (bicyclic) bond motifs is 1. The summed E-state index contributed by atoms with van der Waals surface area (Å²) in [4.78, 5) is 12.3. The van der Waals surface area contributed by atoms with Gasteiger partial charge in [-0.25, -0.2) is 5.43 Å². The Hall–Kier alpha value is -3.92. The first-order valence-electron chi connectivity index (χ1n) is 8.94. The molecule has 0 unspecified atom stereocenters. The number of nitrogens with one attached hydrogen (secondary N) is 1. The SMILES string of the molecule is O=C(N/N=C/c1cccc2ccccc12)c1ccc(Oc2ccccc2)cc1. The zero-order valence-corrected chi connectivity index (χ0v) is 15.1. The van der Waals surface area contributed by atoms with Crippen LogP contribution in [0.1, 0.15) is 15.9 Å². The Balaban J connectivity index is 1.41. The summed E-state index contributed by atoms with van der Waals surface area (Å²) in [6, 6.07) is 30.5. The molecule has 0 heterocycles. The van der Waals surface area contributed by atoms with Gasteiger partial charge in [0.1, 0.15) is 11.5 Å². The molecule has 28 heavy (non-hydrogen) atoms. The van der Waals surface area contributed by atoms with Crippen molar-refractivity contribution in [3.63, 3.8) is 0 Å². The highest BCUT2D eigenvalue weighted by atomic mass is 16.5. The van der Waals surface area contributed by atoms with Crippen LogP contribution >= 0.6 is 0 Å². The van der Waals surface area contributed by atoms with Crippen LogP contribution < -0.4 is 10.2 Å². The van der Waals surface area contributed by atoms with Crippen molar-refractivity contribution in [2.45, 2.75) is 0 Å². The molecule has 0 aliphatic carbocycles. The number of hydrogen-bond donors (Lipinski definition) is 1. The van der Waals surface area contributed by atoms with Crippen LogP contribution in [-0.4, -0.2) is 12.1 Å². The summed E-state index contributed by atoms with van der Waals surface area (Å²) in [7, 11) is 0. The molecule has 4 aromatic rings. The van der Waals surface area contributed by atoms with E-state index >= 15 is 0 Å². The molecule has 0 radical (unpaired) electrons. The Morgan fingerprint density at radius 2 is 1.43 bits per heavy atom. The van der Waals surface area contributed by atoms with Gasteiger partial charge in [0, 0.05) is 11.1 Å². The molecule has 0 bridgehead atoms. The van der Waals surface area contributed by atoms with Crippen molar-refractivity contribution >= 4 is 22.9 Å². The zero-order valence-electron chi connectivity index (χ0n) is 15.1. The smallest absolute Gasteiger partial charge is 0.271 e. The number of benzene rings is 4. The van der Waals surface area contributed by atoms with Gasteiger partial charge in [-0.3, -0.25) is 4.79 Å². The van der Waals surface area contributed by atoms with Crippen LogP contribution in [0.4, 0.5) is 0 Å². The minimum absolute atomic E-state index is 0.275. The zero-order chi connectivity index (χ0) is 19.2. The average Bonchev–Trinajstić information content (AvgIpc) is 2.75. The van der Waals surface area contributed by atoms with Crippen molar-refractivity contribution in [2.24, 2.45) is 5.10 Å². The van der Waals surface area contributed by atoms with Crippen LogP contribution in [0, 0.1) is 0 Å². The highest BCUT2D eigenvalue weighted by molar-refractivity contribution is 6.00. The minimum Gasteiger partial charge on any atom is -0.457 e. The quantitative estimate of drug-likeness (QED) is 0.380. The van der Waals surface area contributed by atoms with Gasteiger partial charge in [0.25, 0.3) is 5.91 Å². The number of hydrazone groups is 1. The molecule has 0 saturated carbocycles. The van der Waals surface area contributed by atoms with Gasteiger partial charge in [-0.15, -0.1) is 0 Å². The lowest BCUT2D eigenvalue weighted by atomic mass is 10.1. The highest BCUT2D eigenvalue weighted by Gasteiger charge is 2.05. The molecule has 0 spiro atoms. The Morgan fingerprint density at radius 1 is 0.750 bits per heavy atom. The summed E-state index contributed by atoms with van der Waals surface area (Å²) < 4.78 is 5.73. The number of amides is 1. The van der Waals surface area contributed by atoms with Gasteiger partial charge in [-0.1, -0.05) is 60.7 Å². The third-order valence-electron chi connectivity index (χ3n) is 4.29. The lowest BCUT2D eigenvalue weighted by Gasteiger charge is -2.06. The lowest BCUT2D eigenvalue weighted by molar-refractivity contribution is 0.0955. The van der Waals surface area contributed by atoms with Crippen molar-refractivity contribution < 1.29 is 9.53 Å². The van der Waals surface area contributed by atoms with Crippen molar-refractivity contribution in [1.29, 1.82) is 0 Å². The summed E-state index contributed by atoms with van der Waals surface area (Å²) in [6.07, 6.45) is 1.66. The van der Waals surface area contributed by atoms with Crippen molar-refractivity contribution in [2.75, 3.05) is 0 Å². The van der Waals surface area contributed by atoms with E-state index in [9.17, 15) is 4.79 Å². The van der Waals surface area contributed by atoms with E-state index in [2.05, 4.69) is 10.5 Å². The fraction of sp³-hybridized carbons (Fsp3) is 0. The number of carbonyl (C=O) groups is 1. The number of para-hydroxylation sites is 1. The third kappa shape index (κ3) is 4.07. The second-order valence-electron chi connectivity index (χ2n) is 6.21. The first kappa shape index (κ1) is 17.5. The maximum absolute atomic E-state index is 12.3. The molecule has 4 rings (SSSR count). The molecule has 0 fully saturated rings. The number of rotatable bonds is 5. The second kappa shape index (κ2) is 8.18. The van der Waals surface area contributed by atoms with E-state index in [1.165, 1.54) is 0 Å². The minimum atomic E-state index is -0.275. The molecule has 1 N–H and O–H groups in total. The van der Waals surface area contributed by atoms with E-state index in [4.69, 9.17) is 4.74 Å². The summed E-state index contributed by atoms with van der Waals surface area (Å²) in [5, 5.41) is 6.32. The molecule has 0 aliphatic heterocycles. The molecular formula is C24H18N2O2. The lowest BCUT2D eigenvalue weighted by Crippen LogP contribution is -2.17. The Kier molecular flexibility index (Phi) is 5.11. The fourth-order valence-electron chi connectivity index (χ4n) is 2.89. The first-order chi connectivity index (χ1) is 13.8. The predicted octanol–water partition coefficient (Wildman–Crippen LogP) is 5.40. The second-order valence-corrected chi connectivity index (χ2v) is 6.21. The molecule has 1 amide bonds. The molecule has 136 valence electrons. The van der Waals surface area contributed by atoms with Crippen molar-refractivity contribution in [3.05, 3.63) is 108 Å². The van der Waals surface area contributed by atoms with Gasteiger partial charge in [0.05, 0.1) is 6.21 Å². The van der Waals surface area contributed by atoms with E-state index in [0.29, 0.717) is 11.3 Å². The maximum Gasteiger partial charge on any atom is 0.271 e. The van der Waals surface area contributed by atoms with E-state index in [1.807, 2.05) is 72.8 Å². The van der Waals surface area contributed by atoms with Gasteiger partial charge in [0.2, 0.25) is 0 Å². The molecule has 0 aromatic heterocycles. The summed E-state index contributed by atoms with van der Waals surface area (Å²) in [6.45, 7) is 0. The van der Waals surface area contributed by atoms with Crippen LogP contribution in [0.15, 0.2) is 102 Å². The van der Waals surface area contributed by atoms with Crippen molar-refractivity contribution in [1.82, 2.24) is 5.43 Å². The van der Waals surface area contributed by atoms with Crippen LogP contribution in [0.5, 0.6) is 11.5 Å². The van der Waals surface area contributed by atoms with Crippen LogP contribution in [-0.2, 0) is 0 Å². The number of hydrogen-bond acceptors (Lipinski definition) is 3. The van der Waals surface area contributed by atoms with Gasteiger partial charge >= 0.3 is 0 Å². The third-order valence-corrected chi connectivity index (χ3v) is 4.29. The molecule has 0 aliphatic rings. The van der Waals surface area contributed by atoms with Crippen LogP contribution in [0.2, 0.25) is 0 Å². The Labute approximate surface area is 163 Å². The van der Waals surface area contributed by atoms with E-state index in [0.717, 1.165) is 22.1 Å². The first-order valence-corrected chi connectivity index (χ1v) is 8.94. The van der Waals surface area contributed by atoms with Crippen molar-refractivity contribution in [3.8, 4) is 11.5 Å². The number of nitrogens with zero attached hydrogens (tertiary/aromatic N) is 1. The van der Waals surface area contributed by atoms with E-state index in [1.54, 1.807) is 30.5 Å². The van der Waals surface area contributed by atoms with E-state index in [-0.39, 0.29) is 5.91 Å². The fourth-order valence-corrected chi connectivity index (χ4v) is 2.89. The molecule has 4 heteroatoms. The van der Waals surface area contributed by atoms with E-state index < -0.39 is 0 Å².